The third kappa shape index (κ3) is 2.71. The first kappa shape index (κ1) is 12.4. The molecule has 2 heterocycles. The van der Waals surface area contributed by atoms with Crippen LogP contribution in [0.15, 0.2) is 36.7 Å². The number of aryl methyl sites for hydroxylation is 1. The van der Waals surface area contributed by atoms with Gasteiger partial charge in [0.25, 0.3) is 0 Å². The van der Waals surface area contributed by atoms with E-state index in [1.54, 1.807) is 0 Å². The Morgan fingerprint density at radius 2 is 2.16 bits per heavy atom. The Labute approximate surface area is 114 Å². The van der Waals surface area contributed by atoms with E-state index in [1.807, 2.05) is 6.33 Å². The minimum absolute atomic E-state index is 0.523. The SMILES string of the molecule is CC(CCc1ccccc1)n1cnc2c1CCNC2. The van der Waals surface area contributed by atoms with Gasteiger partial charge in [0, 0.05) is 31.2 Å². The summed E-state index contributed by atoms with van der Waals surface area (Å²) in [6, 6.07) is 11.2. The van der Waals surface area contributed by atoms with Gasteiger partial charge in [-0.15, -0.1) is 0 Å². The average molecular weight is 255 g/mol. The van der Waals surface area contributed by atoms with Crippen LogP contribution in [-0.2, 0) is 19.4 Å². The molecule has 3 heteroatoms. The first-order chi connectivity index (χ1) is 9.34. The van der Waals surface area contributed by atoms with Crippen LogP contribution in [0.4, 0.5) is 0 Å². The standard InChI is InChI=1S/C16H21N3/c1-13(7-8-14-5-3-2-4-6-14)19-12-18-15-11-17-10-9-16(15)19/h2-6,12-13,17H,7-11H2,1H3. The van der Waals surface area contributed by atoms with Gasteiger partial charge in [-0.05, 0) is 25.3 Å². The predicted molar refractivity (Wildman–Crippen MR) is 77.1 cm³/mol. The third-order valence-electron chi connectivity index (χ3n) is 3.98. The van der Waals surface area contributed by atoms with Crippen molar-refractivity contribution in [3.05, 3.63) is 53.6 Å². The number of imidazole rings is 1. The summed E-state index contributed by atoms with van der Waals surface area (Å²) in [5.41, 5.74) is 4.09. The highest BCUT2D eigenvalue weighted by Gasteiger charge is 2.17. The molecule has 100 valence electrons. The molecule has 19 heavy (non-hydrogen) atoms. The molecule has 1 atom stereocenters. The lowest BCUT2D eigenvalue weighted by atomic mass is 10.1. The minimum Gasteiger partial charge on any atom is -0.331 e. The summed E-state index contributed by atoms with van der Waals surface area (Å²) in [5, 5.41) is 3.38. The van der Waals surface area contributed by atoms with E-state index in [0.717, 1.165) is 25.9 Å². The second kappa shape index (κ2) is 5.57. The fraction of sp³-hybridized carbons (Fsp3) is 0.438. The fourth-order valence-corrected chi connectivity index (χ4v) is 2.80. The molecular weight excluding hydrogens is 234 g/mol. The van der Waals surface area contributed by atoms with Crippen LogP contribution in [0.5, 0.6) is 0 Å². The molecule has 1 aliphatic heterocycles. The fourth-order valence-electron chi connectivity index (χ4n) is 2.80. The van der Waals surface area contributed by atoms with Crippen molar-refractivity contribution in [2.45, 2.75) is 38.8 Å². The summed E-state index contributed by atoms with van der Waals surface area (Å²) in [4.78, 5) is 4.53. The zero-order valence-electron chi connectivity index (χ0n) is 11.5. The van der Waals surface area contributed by atoms with E-state index in [4.69, 9.17) is 0 Å². The molecule has 3 rings (SSSR count). The van der Waals surface area contributed by atoms with E-state index in [1.165, 1.54) is 23.4 Å². The minimum atomic E-state index is 0.523. The summed E-state index contributed by atoms with van der Waals surface area (Å²) in [6.07, 6.45) is 5.42. The molecule has 0 spiro atoms. The maximum atomic E-state index is 4.53. The van der Waals surface area contributed by atoms with Crippen molar-refractivity contribution in [2.24, 2.45) is 0 Å². The number of benzene rings is 1. The molecule has 0 fully saturated rings. The van der Waals surface area contributed by atoms with Gasteiger partial charge < -0.3 is 9.88 Å². The van der Waals surface area contributed by atoms with Crippen molar-refractivity contribution in [2.75, 3.05) is 6.54 Å². The molecule has 0 aliphatic carbocycles. The van der Waals surface area contributed by atoms with Gasteiger partial charge in [0.1, 0.15) is 0 Å². The van der Waals surface area contributed by atoms with E-state index >= 15 is 0 Å². The maximum absolute atomic E-state index is 4.53. The van der Waals surface area contributed by atoms with Crippen molar-refractivity contribution < 1.29 is 0 Å². The Balaban J connectivity index is 1.67. The Morgan fingerprint density at radius 3 is 3.00 bits per heavy atom. The van der Waals surface area contributed by atoms with Gasteiger partial charge in [0.2, 0.25) is 0 Å². The molecule has 1 aromatic carbocycles. The summed E-state index contributed by atoms with van der Waals surface area (Å²) in [7, 11) is 0. The lowest BCUT2D eigenvalue weighted by Gasteiger charge is -2.20. The van der Waals surface area contributed by atoms with E-state index in [0.29, 0.717) is 6.04 Å². The molecule has 1 aromatic heterocycles. The second-order valence-corrected chi connectivity index (χ2v) is 5.35. The number of aromatic nitrogens is 2. The van der Waals surface area contributed by atoms with Crippen LogP contribution in [0, 0.1) is 0 Å². The summed E-state index contributed by atoms with van der Waals surface area (Å²) >= 11 is 0. The topological polar surface area (TPSA) is 29.9 Å². The van der Waals surface area contributed by atoms with Crippen molar-refractivity contribution in [1.82, 2.24) is 14.9 Å². The van der Waals surface area contributed by atoms with E-state index in [9.17, 15) is 0 Å². The number of fused-ring (bicyclic) bond motifs is 1. The quantitative estimate of drug-likeness (QED) is 0.910. The molecule has 1 N–H and O–H groups in total. The van der Waals surface area contributed by atoms with Gasteiger partial charge in [-0.2, -0.15) is 0 Å². The predicted octanol–water partition coefficient (Wildman–Crippen LogP) is 2.72. The zero-order valence-corrected chi connectivity index (χ0v) is 11.5. The monoisotopic (exact) mass is 255 g/mol. The highest BCUT2D eigenvalue weighted by Crippen LogP contribution is 2.21. The van der Waals surface area contributed by atoms with Gasteiger partial charge >= 0.3 is 0 Å². The van der Waals surface area contributed by atoms with Crippen LogP contribution in [-0.4, -0.2) is 16.1 Å². The molecule has 0 bridgehead atoms. The zero-order chi connectivity index (χ0) is 13.1. The van der Waals surface area contributed by atoms with Crippen LogP contribution < -0.4 is 5.32 Å². The second-order valence-electron chi connectivity index (χ2n) is 5.35. The Kier molecular flexibility index (Phi) is 3.65. The van der Waals surface area contributed by atoms with Crippen molar-refractivity contribution in [1.29, 1.82) is 0 Å². The average Bonchev–Trinajstić information content (AvgIpc) is 2.90. The van der Waals surface area contributed by atoms with Gasteiger partial charge in [-0.1, -0.05) is 30.3 Å². The van der Waals surface area contributed by atoms with Crippen LogP contribution in [0.3, 0.4) is 0 Å². The Morgan fingerprint density at radius 1 is 1.32 bits per heavy atom. The number of nitrogens with one attached hydrogen (secondary N) is 1. The number of nitrogens with zero attached hydrogens (tertiary/aromatic N) is 2. The van der Waals surface area contributed by atoms with Gasteiger partial charge in [-0.25, -0.2) is 4.98 Å². The highest BCUT2D eigenvalue weighted by atomic mass is 15.1. The van der Waals surface area contributed by atoms with Crippen molar-refractivity contribution in [3.63, 3.8) is 0 Å². The molecular formula is C16H21N3. The van der Waals surface area contributed by atoms with Crippen LogP contribution in [0.2, 0.25) is 0 Å². The Bertz CT molecular complexity index is 530. The Hall–Kier alpha value is -1.61. The number of hydrogen-bond acceptors (Lipinski definition) is 2. The van der Waals surface area contributed by atoms with Crippen molar-refractivity contribution in [3.8, 4) is 0 Å². The lowest BCUT2D eigenvalue weighted by molar-refractivity contribution is 0.479. The highest BCUT2D eigenvalue weighted by molar-refractivity contribution is 5.18. The van der Waals surface area contributed by atoms with E-state index in [-0.39, 0.29) is 0 Å². The number of rotatable bonds is 4. The van der Waals surface area contributed by atoms with Crippen molar-refractivity contribution >= 4 is 0 Å². The van der Waals surface area contributed by atoms with Crippen LogP contribution >= 0.6 is 0 Å². The van der Waals surface area contributed by atoms with Crippen LogP contribution in [0.25, 0.3) is 0 Å². The molecule has 0 saturated heterocycles. The molecule has 0 amide bonds. The molecule has 1 unspecified atom stereocenters. The molecule has 3 nitrogen and oxygen atoms in total. The molecule has 2 aromatic rings. The molecule has 0 saturated carbocycles. The smallest absolute Gasteiger partial charge is 0.0954 e. The van der Waals surface area contributed by atoms with Gasteiger partial charge in [0.05, 0.1) is 12.0 Å². The van der Waals surface area contributed by atoms with E-state index < -0.39 is 0 Å². The van der Waals surface area contributed by atoms with E-state index in [2.05, 4.69) is 52.1 Å². The molecule has 1 aliphatic rings. The number of hydrogen-bond donors (Lipinski definition) is 1. The van der Waals surface area contributed by atoms with Gasteiger partial charge in [-0.3, -0.25) is 0 Å². The first-order valence-electron chi connectivity index (χ1n) is 7.14. The van der Waals surface area contributed by atoms with Gasteiger partial charge in [0.15, 0.2) is 0 Å². The third-order valence-corrected chi connectivity index (χ3v) is 3.98. The summed E-state index contributed by atoms with van der Waals surface area (Å²) in [5.74, 6) is 0. The normalized spacial score (nSPS) is 16.1. The molecule has 0 radical (unpaired) electrons. The largest absolute Gasteiger partial charge is 0.331 e. The summed E-state index contributed by atoms with van der Waals surface area (Å²) < 4.78 is 2.37. The maximum Gasteiger partial charge on any atom is 0.0954 e. The first-order valence-corrected chi connectivity index (χ1v) is 7.14. The lowest BCUT2D eigenvalue weighted by Crippen LogP contribution is -2.25. The summed E-state index contributed by atoms with van der Waals surface area (Å²) in [6.45, 7) is 4.30. The van der Waals surface area contributed by atoms with Crippen LogP contribution in [0.1, 0.15) is 36.3 Å².